The van der Waals surface area contributed by atoms with Gasteiger partial charge in [0.25, 0.3) is 5.56 Å². The molecule has 1 fully saturated rings. The number of rotatable bonds is 4. The third-order valence-corrected chi connectivity index (χ3v) is 5.14. The Morgan fingerprint density at radius 2 is 2.16 bits per heavy atom. The zero-order chi connectivity index (χ0) is 17.1. The number of hydrogen-bond donors (Lipinski definition) is 1. The van der Waals surface area contributed by atoms with Crippen LogP contribution in [0.1, 0.15) is 30.0 Å². The van der Waals surface area contributed by atoms with Gasteiger partial charge in [-0.25, -0.2) is 4.98 Å². The molecule has 1 unspecified atom stereocenters. The normalized spacial score (nSPS) is 18.3. The number of H-pyrrole nitrogens is 1. The second-order valence-corrected chi connectivity index (χ2v) is 7.01. The van der Waals surface area contributed by atoms with Crippen molar-refractivity contribution in [3.63, 3.8) is 0 Å². The van der Waals surface area contributed by atoms with E-state index in [0.717, 1.165) is 49.4 Å². The molecule has 4 rings (SSSR count). The van der Waals surface area contributed by atoms with Gasteiger partial charge in [0.1, 0.15) is 5.69 Å². The number of nitrogens with zero attached hydrogens (tertiary/aromatic N) is 4. The quantitative estimate of drug-likeness (QED) is 0.780. The molecule has 128 valence electrons. The summed E-state index contributed by atoms with van der Waals surface area (Å²) in [4.78, 5) is 20.9. The summed E-state index contributed by atoms with van der Waals surface area (Å²) in [6.45, 7) is 2.93. The Balaban J connectivity index is 1.43. The molecule has 3 aromatic rings. The van der Waals surface area contributed by atoms with Gasteiger partial charge in [-0.2, -0.15) is 0 Å². The molecule has 0 saturated carbocycles. The van der Waals surface area contributed by atoms with Crippen LogP contribution in [0.15, 0.2) is 46.8 Å². The highest BCUT2D eigenvalue weighted by atomic mass is 32.1. The minimum atomic E-state index is -0.0748. The molecule has 0 spiro atoms. The number of nitrogens with one attached hydrogen (secondary N) is 1. The Hall–Kier alpha value is -2.38. The zero-order valence-electron chi connectivity index (χ0n) is 13.8. The van der Waals surface area contributed by atoms with Crippen LogP contribution in [0.25, 0.3) is 11.3 Å². The van der Waals surface area contributed by atoms with Gasteiger partial charge in [0.05, 0.1) is 12.0 Å². The SMILES string of the molecule is O=c1cc(C2CCCN(Cc3ccc(-c4csnn4)cc3)C2)nc[nH]1. The van der Waals surface area contributed by atoms with Crippen LogP contribution in [0.4, 0.5) is 0 Å². The van der Waals surface area contributed by atoms with Gasteiger partial charge in [-0.15, -0.1) is 5.10 Å². The predicted octanol–water partition coefficient (Wildman–Crippen LogP) is 2.67. The highest BCUT2D eigenvalue weighted by molar-refractivity contribution is 7.03. The monoisotopic (exact) mass is 353 g/mol. The Bertz CT molecular complexity index is 875. The van der Waals surface area contributed by atoms with E-state index in [1.54, 1.807) is 6.07 Å². The van der Waals surface area contributed by atoms with Crippen LogP contribution in [0, 0.1) is 0 Å². The third-order valence-electron chi connectivity index (χ3n) is 4.64. The van der Waals surface area contributed by atoms with Gasteiger partial charge in [-0.1, -0.05) is 28.8 Å². The highest BCUT2D eigenvalue weighted by Crippen LogP contribution is 2.26. The first-order valence-electron chi connectivity index (χ1n) is 8.41. The van der Waals surface area contributed by atoms with Crippen molar-refractivity contribution in [2.24, 2.45) is 0 Å². The molecule has 0 bridgehead atoms. The molecular weight excluding hydrogens is 334 g/mol. The average molecular weight is 353 g/mol. The summed E-state index contributed by atoms with van der Waals surface area (Å²) >= 11 is 1.37. The van der Waals surface area contributed by atoms with Crippen molar-refractivity contribution in [2.75, 3.05) is 13.1 Å². The van der Waals surface area contributed by atoms with Gasteiger partial charge < -0.3 is 4.98 Å². The summed E-state index contributed by atoms with van der Waals surface area (Å²) in [5.74, 6) is 0.330. The lowest BCUT2D eigenvalue weighted by Gasteiger charge is -2.32. The smallest absolute Gasteiger partial charge is 0.250 e. The number of aromatic nitrogens is 4. The number of benzene rings is 1. The lowest BCUT2D eigenvalue weighted by molar-refractivity contribution is 0.198. The molecule has 1 saturated heterocycles. The van der Waals surface area contributed by atoms with Gasteiger partial charge in [-0.3, -0.25) is 9.69 Å². The molecule has 3 heterocycles. The summed E-state index contributed by atoms with van der Waals surface area (Å²) in [5.41, 5.74) is 4.14. The topological polar surface area (TPSA) is 74.8 Å². The van der Waals surface area contributed by atoms with E-state index in [1.807, 2.05) is 5.38 Å². The standard InChI is InChI=1S/C18H19N5OS/c24-18-8-16(19-12-20-18)15-2-1-7-23(10-15)9-13-3-5-14(6-4-13)17-11-25-22-21-17/h3-6,8,11-12,15H,1-2,7,9-10H2,(H,19,20,24). The van der Waals surface area contributed by atoms with Crippen molar-refractivity contribution in [1.82, 2.24) is 24.5 Å². The maximum absolute atomic E-state index is 11.5. The molecule has 7 heteroatoms. The summed E-state index contributed by atoms with van der Waals surface area (Å²) in [6.07, 6.45) is 3.72. The number of hydrogen-bond acceptors (Lipinski definition) is 6. The molecule has 1 aromatic carbocycles. The molecule has 0 aliphatic carbocycles. The van der Waals surface area contributed by atoms with Crippen molar-refractivity contribution in [2.45, 2.75) is 25.3 Å². The maximum atomic E-state index is 11.5. The van der Waals surface area contributed by atoms with Crippen LogP contribution >= 0.6 is 11.5 Å². The largest absolute Gasteiger partial charge is 0.313 e. The number of likely N-dealkylation sites (tertiary alicyclic amines) is 1. The summed E-state index contributed by atoms with van der Waals surface area (Å²) < 4.78 is 3.91. The first-order chi connectivity index (χ1) is 12.3. The van der Waals surface area contributed by atoms with Crippen molar-refractivity contribution in [3.8, 4) is 11.3 Å². The van der Waals surface area contributed by atoms with Crippen LogP contribution in [-0.2, 0) is 6.54 Å². The van der Waals surface area contributed by atoms with Gasteiger partial charge in [0.2, 0.25) is 0 Å². The van der Waals surface area contributed by atoms with Crippen LogP contribution < -0.4 is 5.56 Å². The van der Waals surface area contributed by atoms with Gasteiger partial charge in [0, 0.05) is 36.0 Å². The van der Waals surface area contributed by atoms with Crippen molar-refractivity contribution >= 4 is 11.5 Å². The lowest BCUT2D eigenvalue weighted by atomic mass is 9.94. The van der Waals surface area contributed by atoms with E-state index in [4.69, 9.17) is 0 Å². The Kier molecular flexibility index (Phi) is 4.67. The molecule has 25 heavy (non-hydrogen) atoms. The first kappa shape index (κ1) is 16.1. The van der Waals surface area contributed by atoms with Crippen LogP contribution in [-0.4, -0.2) is 37.5 Å². The highest BCUT2D eigenvalue weighted by Gasteiger charge is 2.22. The molecule has 1 aliphatic heterocycles. The predicted molar refractivity (Wildman–Crippen MR) is 97.5 cm³/mol. The Labute approximate surface area is 149 Å². The van der Waals surface area contributed by atoms with Gasteiger partial charge in [-0.05, 0) is 36.5 Å². The summed E-state index contributed by atoms with van der Waals surface area (Å²) in [6, 6.07) is 10.1. The number of aromatic amines is 1. The number of piperidine rings is 1. The van der Waals surface area contributed by atoms with E-state index in [0.29, 0.717) is 5.92 Å². The average Bonchev–Trinajstić information content (AvgIpc) is 3.17. The Morgan fingerprint density at radius 1 is 1.28 bits per heavy atom. The zero-order valence-corrected chi connectivity index (χ0v) is 14.6. The van der Waals surface area contributed by atoms with E-state index < -0.39 is 0 Å². The van der Waals surface area contributed by atoms with E-state index in [2.05, 4.69) is 48.7 Å². The van der Waals surface area contributed by atoms with E-state index >= 15 is 0 Å². The summed E-state index contributed by atoms with van der Waals surface area (Å²) in [7, 11) is 0. The maximum Gasteiger partial charge on any atom is 0.250 e. The minimum Gasteiger partial charge on any atom is -0.313 e. The van der Waals surface area contributed by atoms with E-state index in [1.165, 1.54) is 23.4 Å². The van der Waals surface area contributed by atoms with Crippen LogP contribution in [0.5, 0.6) is 0 Å². The second-order valence-electron chi connectivity index (χ2n) is 6.40. The third kappa shape index (κ3) is 3.83. The van der Waals surface area contributed by atoms with Crippen molar-refractivity contribution in [3.05, 3.63) is 63.7 Å². The molecular formula is C18H19N5OS. The molecule has 6 nitrogen and oxygen atoms in total. The fraction of sp³-hybridized carbons (Fsp3) is 0.333. The fourth-order valence-electron chi connectivity index (χ4n) is 3.38. The molecule has 1 atom stereocenters. The van der Waals surface area contributed by atoms with Crippen LogP contribution in [0.2, 0.25) is 0 Å². The van der Waals surface area contributed by atoms with E-state index in [9.17, 15) is 4.79 Å². The molecule has 0 amide bonds. The van der Waals surface area contributed by atoms with E-state index in [-0.39, 0.29) is 5.56 Å². The second kappa shape index (κ2) is 7.25. The minimum absolute atomic E-state index is 0.0748. The summed E-state index contributed by atoms with van der Waals surface area (Å²) in [5, 5.41) is 6.06. The first-order valence-corrected chi connectivity index (χ1v) is 9.25. The van der Waals surface area contributed by atoms with Crippen molar-refractivity contribution in [1.29, 1.82) is 0 Å². The molecule has 2 aromatic heterocycles. The molecule has 1 aliphatic rings. The molecule has 1 N–H and O–H groups in total. The fourth-order valence-corrected chi connectivity index (χ4v) is 3.84. The van der Waals surface area contributed by atoms with Crippen LogP contribution in [0.3, 0.4) is 0 Å². The van der Waals surface area contributed by atoms with Gasteiger partial charge in [0.15, 0.2) is 0 Å². The lowest BCUT2D eigenvalue weighted by Crippen LogP contribution is -2.34. The van der Waals surface area contributed by atoms with Crippen molar-refractivity contribution < 1.29 is 0 Å². The van der Waals surface area contributed by atoms with Gasteiger partial charge >= 0.3 is 0 Å². The molecule has 0 radical (unpaired) electrons. The Morgan fingerprint density at radius 3 is 2.92 bits per heavy atom.